The Bertz CT molecular complexity index is 798. The average Bonchev–Trinajstić information content (AvgIpc) is 3.16. The first-order valence-corrected chi connectivity index (χ1v) is 10.5. The number of hydrogen-bond donors (Lipinski definition) is 0. The average molecular weight is 469 g/mol. The maximum absolute atomic E-state index is 13.6. The van der Waals surface area contributed by atoms with Gasteiger partial charge < -0.3 is 26.2 Å². The summed E-state index contributed by atoms with van der Waals surface area (Å²) in [5.41, 5.74) is 1.55. The number of ether oxygens (including phenoxy) is 1. The third kappa shape index (κ3) is 4.26. The number of quaternary nitrogens is 1. The highest BCUT2D eigenvalue weighted by Crippen LogP contribution is 2.40. The van der Waals surface area contributed by atoms with Gasteiger partial charge in [0.1, 0.15) is 11.9 Å². The Morgan fingerprint density at radius 3 is 2.57 bits per heavy atom. The molecule has 28 heavy (non-hydrogen) atoms. The number of halogens is 2. The summed E-state index contributed by atoms with van der Waals surface area (Å²) in [6.07, 6.45) is 3.90. The van der Waals surface area contributed by atoms with Crippen LogP contribution in [0.15, 0.2) is 41.1 Å². The highest BCUT2D eigenvalue weighted by Gasteiger charge is 2.50. The van der Waals surface area contributed by atoms with E-state index in [9.17, 15) is 9.18 Å². The predicted octanol–water partition coefficient (Wildman–Crippen LogP) is 1.80. The molecule has 2 fully saturated rings. The van der Waals surface area contributed by atoms with Crippen molar-refractivity contribution in [2.75, 3.05) is 19.0 Å². The van der Waals surface area contributed by atoms with Crippen molar-refractivity contribution in [2.24, 2.45) is 0 Å². The number of amides is 1. The quantitative estimate of drug-likeness (QED) is 0.640. The minimum Gasteiger partial charge on any atom is -1.00 e. The molecule has 2 aliphatic rings. The van der Waals surface area contributed by atoms with Crippen LogP contribution in [0.25, 0.3) is 0 Å². The summed E-state index contributed by atoms with van der Waals surface area (Å²) in [6.45, 7) is 0.300. The van der Waals surface area contributed by atoms with Gasteiger partial charge in [-0.2, -0.15) is 11.3 Å². The molecule has 1 aromatic heterocycles. The molecule has 3 atom stereocenters. The van der Waals surface area contributed by atoms with Gasteiger partial charge in [-0.25, -0.2) is 9.18 Å². The van der Waals surface area contributed by atoms with E-state index in [-0.39, 0.29) is 35.0 Å². The molecule has 0 saturated carbocycles. The lowest BCUT2D eigenvalue weighted by atomic mass is 9.98. The Labute approximate surface area is 180 Å². The topological polar surface area (TPSA) is 29.5 Å². The van der Waals surface area contributed by atoms with Crippen molar-refractivity contribution in [3.63, 3.8) is 0 Å². The van der Waals surface area contributed by atoms with E-state index in [1.54, 1.807) is 11.0 Å². The monoisotopic (exact) mass is 468 g/mol. The third-order valence-electron chi connectivity index (χ3n) is 6.32. The molecule has 1 aromatic carbocycles. The van der Waals surface area contributed by atoms with Crippen molar-refractivity contribution in [2.45, 2.75) is 50.4 Å². The smallest absolute Gasteiger partial charge is 0.414 e. The van der Waals surface area contributed by atoms with Gasteiger partial charge in [-0.1, -0.05) is 12.1 Å². The van der Waals surface area contributed by atoms with Crippen molar-refractivity contribution in [1.82, 2.24) is 0 Å². The van der Waals surface area contributed by atoms with E-state index < -0.39 is 0 Å². The highest BCUT2D eigenvalue weighted by molar-refractivity contribution is 7.08. The van der Waals surface area contributed by atoms with Crippen LogP contribution in [0.3, 0.4) is 0 Å². The molecule has 2 aliphatic heterocycles. The molecule has 4 nitrogen and oxygen atoms in total. The molecule has 2 aromatic rings. The minimum atomic E-state index is -0.339. The molecule has 2 saturated heterocycles. The predicted molar refractivity (Wildman–Crippen MR) is 105 cm³/mol. The number of piperidine rings is 1. The Kier molecular flexibility index (Phi) is 6.47. The van der Waals surface area contributed by atoms with Gasteiger partial charge in [0.25, 0.3) is 0 Å². The lowest BCUT2D eigenvalue weighted by molar-refractivity contribution is -0.931. The summed E-state index contributed by atoms with van der Waals surface area (Å²) < 4.78 is 20.6. The van der Waals surface area contributed by atoms with Crippen LogP contribution in [0.4, 0.5) is 14.9 Å². The molecule has 1 unspecified atom stereocenters. The molecule has 1 amide bonds. The number of fused-ring (bicyclic) bond motifs is 2. The van der Waals surface area contributed by atoms with Gasteiger partial charge >= 0.3 is 6.09 Å². The fourth-order valence-corrected chi connectivity index (χ4v) is 5.26. The van der Waals surface area contributed by atoms with Gasteiger partial charge in [0, 0.05) is 31.1 Å². The standard InChI is InChI=1S/C21H26FN2O2S.BrH/c1-24(2)18-6-7-19(24)12-20(11-18)26-21(25)23(17-8-9-27-14-17)13-15-4-3-5-16(22)10-15;/h3-5,8-10,14,18-20H,6-7,11-13H2,1-2H3;1H/q+1;/p-1/t18-,19+,20?;. The number of anilines is 1. The number of carbonyl (C=O) groups is 1. The Morgan fingerprint density at radius 2 is 1.96 bits per heavy atom. The minimum absolute atomic E-state index is 0. The molecule has 3 heterocycles. The van der Waals surface area contributed by atoms with Crippen molar-refractivity contribution < 1.29 is 35.4 Å². The van der Waals surface area contributed by atoms with Gasteiger partial charge in [-0.05, 0) is 29.1 Å². The number of thiophene rings is 1. The Hall–Kier alpha value is -1.44. The van der Waals surface area contributed by atoms with Crippen LogP contribution in [0.5, 0.6) is 0 Å². The molecule has 0 spiro atoms. The van der Waals surface area contributed by atoms with Crippen LogP contribution >= 0.6 is 11.3 Å². The van der Waals surface area contributed by atoms with Gasteiger partial charge in [0.15, 0.2) is 0 Å². The van der Waals surface area contributed by atoms with E-state index in [0.29, 0.717) is 18.6 Å². The molecular formula is C21H26BrFN2O2S. The second kappa shape index (κ2) is 8.51. The third-order valence-corrected chi connectivity index (χ3v) is 6.99. The van der Waals surface area contributed by atoms with E-state index in [2.05, 4.69) is 14.1 Å². The summed E-state index contributed by atoms with van der Waals surface area (Å²) in [5.74, 6) is -0.296. The lowest BCUT2D eigenvalue weighted by Gasteiger charge is -2.44. The summed E-state index contributed by atoms with van der Waals surface area (Å²) in [6, 6.07) is 9.41. The zero-order valence-corrected chi connectivity index (χ0v) is 18.6. The van der Waals surface area contributed by atoms with Crippen molar-refractivity contribution in [3.8, 4) is 0 Å². The first-order valence-electron chi connectivity index (χ1n) is 9.51. The first kappa shape index (κ1) is 21.3. The summed E-state index contributed by atoms with van der Waals surface area (Å²) >= 11 is 1.53. The molecule has 2 bridgehead atoms. The second-order valence-electron chi connectivity index (χ2n) is 8.19. The number of rotatable bonds is 4. The second-order valence-corrected chi connectivity index (χ2v) is 8.97. The van der Waals surface area contributed by atoms with Crippen LogP contribution in [0, 0.1) is 5.82 Å². The van der Waals surface area contributed by atoms with Crippen LogP contribution in [0.1, 0.15) is 31.2 Å². The van der Waals surface area contributed by atoms with Crippen LogP contribution < -0.4 is 21.9 Å². The fourth-order valence-electron chi connectivity index (χ4n) is 4.62. The summed E-state index contributed by atoms with van der Waals surface area (Å²) in [4.78, 5) is 14.6. The van der Waals surface area contributed by atoms with Gasteiger partial charge in [0.05, 0.1) is 38.4 Å². The van der Waals surface area contributed by atoms with E-state index in [1.165, 1.54) is 36.3 Å². The molecule has 4 rings (SSSR count). The molecule has 152 valence electrons. The van der Waals surface area contributed by atoms with Gasteiger partial charge in [-0.15, -0.1) is 0 Å². The van der Waals surface area contributed by atoms with Gasteiger partial charge in [-0.3, -0.25) is 4.90 Å². The highest BCUT2D eigenvalue weighted by atomic mass is 79.9. The summed E-state index contributed by atoms with van der Waals surface area (Å²) in [5, 5.41) is 3.85. The normalized spacial score (nSPS) is 25.0. The molecule has 0 aliphatic carbocycles. The van der Waals surface area contributed by atoms with Crippen molar-refractivity contribution >= 4 is 23.1 Å². The zero-order chi connectivity index (χ0) is 19.0. The number of benzene rings is 1. The molecule has 0 radical (unpaired) electrons. The van der Waals surface area contributed by atoms with Crippen molar-refractivity contribution in [3.05, 3.63) is 52.5 Å². The van der Waals surface area contributed by atoms with E-state index in [1.807, 2.05) is 22.9 Å². The fraction of sp³-hybridized carbons (Fsp3) is 0.476. The molecule has 0 N–H and O–H groups in total. The van der Waals surface area contributed by atoms with Crippen LogP contribution in [-0.4, -0.2) is 42.9 Å². The molecule has 7 heteroatoms. The van der Waals surface area contributed by atoms with E-state index in [0.717, 1.165) is 28.6 Å². The SMILES string of the molecule is C[N+]1(C)[C@@H]2CC[C@H]1CC(OC(=O)N(Cc1cccc(F)c1)c1ccsc1)C2.[Br-]. The number of nitrogens with zero attached hydrogens (tertiary/aromatic N) is 2. The Balaban J connectivity index is 0.00000225. The van der Waals surface area contributed by atoms with Gasteiger partial charge in [0.2, 0.25) is 0 Å². The summed E-state index contributed by atoms with van der Waals surface area (Å²) in [7, 11) is 4.59. The lowest BCUT2D eigenvalue weighted by Crippen LogP contribution is -3.00. The maximum Gasteiger partial charge on any atom is 0.414 e. The number of carbonyl (C=O) groups excluding carboxylic acids is 1. The zero-order valence-electron chi connectivity index (χ0n) is 16.2. The van der Waals surface area contributed by atoms with Crippen LogP contribution in [0.2, 0.25) is 0 Å². The van der Waals surface area contributed by atoms with E-state index >= 15 is 0 Å². The van der Waals surface area contributed by atoms with Crippen LogP contribution in [-0.2, 0) is 11.3 Å². The largest absolute Gasteiger partial charge is 1.00 e. The first-order chi connectivity index (χ1) is 12.9. The number of hydrogen-bond acceptors (Lipinski definition) is 3. The van der Waals surface area contributed by atoms with E-state index in [4.69, 9.17) is 4.74 Å². The molecular weight excluding hydrogens is 443 g/mol. The Morgan fingerprint density at radius 1 is 1.25 bits per heavy atom. The van der Waals surface area contributed by atoms with Crippen molar-refractivity contribution in [1.29, 1.82) is 0 Å². The maximum atomic E-state index is 13.6.